The molecule has 0 saturated carbocycles. The van der Waals surface area contributed by atoms with Crippen LogP contribution in [0.2, 0.25) is 0 Å². The molecule has 1 amide bonds. The van der Waals surface area contributed by atoms with Crippen LogP contribution < -0.4 is 0 Å². The summed E-state index contributed by atoms with van der Waals surface area (Å²) in [6, 6.07) is 0. The van der Waals surface area contributed by atoms with E-state index in [1.807, 2.05) is 18.7 Å². The van der Waals surface area contributed by atoms with Crippen molar-refractivity contribution < 1.29 is 9.32 Å². The molecule has 1 aliphatic heterocycles. The maximum atomic E-state index is 12.6. The largest absolute Gasteiger partial charge is 0.361 e. The second kappa shape index (κ2) is 7.46. The summed E-state index contributed by atoms with van der Waals surface area (Å²) in [6.07, 6.45) is 8.51. The van der Waals surface area contributed by atoms with Gasteiger partial charge >= 0.3 is 0 Å². The van der Waals surface area contributed by atoms with Crippen molar-refractivity contribution in [2.75, 3.05) is 13.1 Å². The van der Waals surface area contributed by atoms with Gasteiger partial charge < -0.3 is 9.42 Å². The van der Waals surface area contributed by atoms with E-state index in [2.05, 4.69) is 25.1 Å². The quantitative estimate of drug-likeness (QED) is 0.688. The minimum Gasteiger partial charge on any atom is -0.361 e. The van der Waals surface area contributed by atoms with Crippen molar-refractivity contribution >= 4 is 5.91 Å². The Morgan fingerprint density at radius 1 is 1.11 bits per heavy atom. The zero-order valence-electron chi connectivity index (χ0n) is 16.2. The Bertz CT molecular complexity index is 961. The van der Waals surface area contributed by atoms with Gasteiger partial charge in [0.25, 0.3) is 5.91 Å². The summed E-state index contributed by atoms with van der Waals surface area (Å²) in [5.41, 5.74) is 3.94. The number of aryl methyl sites for hydroxylation is 3. The van der Waals surface area contributed by atoms with Crippen molar-refractivity contribution in [2.45, 2.75) is 33.6 Å². The molecular weight excluding hydrogens is 356 g/mol. The molecule has 4 rings (SSSR count). The molecule has 0 bridgehead atoms. The van der Waals surface area contributed by atoms with E-state index in [0.29, 0.717) is 23.9 Å². The minimum absolute atomic E-state index is 0.0117. The molecule has 3 aromatic heterocycles. The van der Waals surface area contributed by atoms with Crippen molar-refractivity contribution in [3.05, 3.63) is 53.3 Å². The van der Waals surface area contributed by atoms with E-state index in [1.54, 1.807) is 31.7 Å². The van der Waals surface area contributed by atoms with Gasteiger partial charge in [-0.2, -0.15) is 0 Å². The van der Waals surface area contributed by atoms with E-state index in [0.717, 1.165) is 47.8 Å². The Kier molecular flexibility index (Phi) is 4.85. The molecule has 1 fully saturated rings. The van der Waals surface area contributed by atoms with Gasteiger partial charge in [0.1, 0.15) is 11.6 Å². The maximum Gasteiger partial charge on any atom is 0.256 e. The molecule has 0 aromatic carbocycles. The first-order chi connectivity index (χ1) is 13.5. The van der Waals surface area contributed by atoms with Crippen molar-refractivity contribution in [3.63, 3.8) is 0 Å². The van der Waals surface area contributed by atoms with Gasteiger partial charge in [-0.15, -0.1) is 0 Å². The monoisotopic (exact) mass is 378 g/mol. The molecule has 0 radical (unpaired) electrons. The lowest BCUT2D eigenvalue weighted by Crippen LogP contribution is -2.29. The first-order valence-corrected chi connectivity index (χ1v) is 9.33. The summed E-state index contributed by atoms with van der Waals surface area (Å²) < 4.78 is 5.20. The number of likely N-dealkylation sites (tertiary alicyclic amines) is 1. The van der Waals surface area contributed by atoms with Crippen LogP contribution in [-0.4, -0.2) is 49.0 Å². The molecule has 1 atom stereocenters. The molecule has 0 N–H and O–H groups in total. The van der Waals surface area contributed by atoms with Crippen LogP contribution in [0.4, 0.5) is 0 Å². The number of aromatic nitrogens is 5. The molecule has 0 unspecified atom stereocenters. The third kappa shape index (κ3) is 3.62. The Morgan fingerprint density at radius 2 is 1.89 bits per heavy atom. The van der Waals surface area contributed by atoms with Gasteiger partial charge in [0.05, 0.1) is 34.4 Å². The van der Waals surface area contributed by atoms with E-state index in [9.17, 15) is 4.79 Å². The van der Waals surface area contributed by atoms with Crippen molar-refractivity contribution in [1.82, 2.24) is 30.0 Å². The molecule has 28 heavy (non-hydrogen) atoms. The number of hydrogen-bond acceptors (Lipinski definition) is 7. The zero-order chi connectivity index (χ0) is 19.7. The lowest BCUT2D eigenvalue weighted by Gasteiger charge is -2.16. The number of carbonyl (C=O) groups is 1. The van der Waals surface area contributed by atoms with Crippen molar-refractivity contribution in [2.24, 2.45) is 5.92 Å². The Labute approximate surface area is 163 Å². The second-order valence-corrected chi connectivity index (χ2v) is 7.22. The minimum atomic E-state index is -0.0117. The van der Waals surface area contributed by atoms with Crippen LogP contribution in [0.1, 0.15) is 39.8 Å². The molecule has 1 aliphatic rings. The topological polar surface area (TPSA) is 97.9 Å². The lowest BCUT2D eigenvalue weighted by atomic mass is 10.0. The highest BCUT2D eigenvalue weighted by atomic mass is 16.5. The van der Waals surface area contributed by atoms with E-state index >= 15 is 0 Å². The third-order valence-electron chi connectivity index (χ3n) is 5.09. The number of rotatable bonds is 4. The maximum absolute atomic E-state index is 12.6. The molecule has 0 spiro atoms. The molecule has 8 nitrogen and oxygen atoms in total. The van der Waals surface area contributed by atoms with Gasteiger partial charge in [0, 0.05) is 31.7 Å². The summed E-state index contributed by atoms with van der Waals surface area (Å²) in [4.78, 5) is 31.8. The molecular formula is C20H22N6O2. The van der Waals surface area contributed by atoms with Gasteiger partial charge in [-0.25, -0.2) is 9.97 Å². The van der Waals surface area contributed by atoms with Crippen LogP contribution in [0.3, 0.4) is 0 Å². The Hall–Kier alpha value is -3.16. The van der Waals surface area contributed by atoms with Gasteiger partial charge in [-0.3, -0.25) is 14.8 Å². The average molecular weight is 378 g/mol. The molecule has 0 aliphatic carbocycles. The number of amides is 1. The third-order valence-corrected chi connectivity index (χ3v) is 5.09. The van der Waals surface area contributed by atoms with Crippen LogP contribution in [0.5, 0.6) is 0 Å². The van der Waals surface area contributed by atoms with E-state index < -0.39 is 0 Å². The van der Waals surface area contributed by atoms with E-state index in [-0.39, 0.29) is 5.91 Å². The highest BCUT2D eigenvalue weighted by molar-refractivity contribution is 5.93. The van der Waals surface area contributed by atoms with Gasteiger partial charge in [-0.05, 0) is 39.5 Å². The fraction of sp³-hybridized carbons (Fsp3) is 0.400. The molecule has 4 heterocycles. The van der Waals surface area contributed by atoms with Crippen molar-refractivity contribution in [3.8, 4) is 11.3 Å². The van der Waals surface area contributed by atoms with Gasteiger partial charge in [-0.1, -0.05) is 5.16 Å². The van der Waals surface area contributed by atoms with E-state index in [1.165, 1.54) is 0 Å². The van der Waals surface area contributed by atoms with Crippen LogP contribution in [-0.2, 0) is 6.42 Å². The fourth-order valence-corrected chi connectivity index (χ4v) is 3.60. The fourth-order valence-electron chi connectivity index (χ4n) is 3.60. The van der Waals surface area contributed by atoms with Crippen LogP contribution >= 0.6 is 0 Å². The first-order valence-electron chi connectivity index (χ1n) is 9.33. The lowest BCUT2D eigenvalue weighted by molar-refractivity contribution is 0.0786. The zero-order valence-corrected chi connectivity index (χ0v) is 16.2. The normalized spacial score (nSPS) is 16.5. The van der Waals surface area contributed by atoms with Crippen molar-refractivity contribution in [1.29, 1.82) is 0 Å². The Morgan fingerprint density at radius 3 is 2.54 bits per heavy atom. The predicted molar refractivity (Wildman–Crippen MR) is 101 cm³/mol. The summed E-state index contributed by atoms with van der Waals surface area (Å²) >= 11 is 0. The summed E-state index contributed by atoms with van der Waals surface area (Å²) in [6.45, 7) is 7.01. The van der Waals surface area contributed by atoms with Gasteiger partial charge in [0.15, 0.2) is 0 Å². The summed E-state index contributed by atoms with van der Waals surface area (Å²) in [7, 11) is 0. The first kappa shape index (κ1) is 18.2. The highest BCUT2D eigenvalue weighted by Crippen LogP contribution is 2.25. The molecule has 1 saturated heterocycles. The summed E-state index contributed by atoms with van der Waals surface area (Å²) in [5.74, 6) is 1.76. The molecule has 144 valence electrons. The SMILES string of the molecule is Cc1ncc(C(=O)N2CC[C@@H](Cc3cnc(-c4c(C)noc4C)cn3)C2)cn1. The van der Waals surface area contributed by atoms with E-state index in [4.69, 9.17) is 4.52 Å². The highest BCUT2D eigenvalue weighted by Gasteiger charge is 2.27. The van der Waals surface area contributed by atoms with Crippen LogP contribution in [0, 0.1) is 26.7 Å². The standard InChI is InChI=1S/C20H22N6O2/c1-12-19(13(2)28-25-12)18-10-23-17(9-24-18)6-15-4-5-26(11-15)20(27)16-7-21-14(3)22-8-16/h7-10,15H,4-6,11H2,1-3H3/t15-/m0/s1. The smallest absolute Gasteiger partial charge is 0.256 e. The number of nitrogens with zero attached hydrogens (tertiary/aromatic N) is 6. The predicted octanol–water partition coefficient (Wildman–Crippen LogP) is 2.55. The Balaban J connectivity index is 1.39. The van der Waals surface area contributed by atoms with Crippen LogP contribution in [0.15, 0.2) is 29.3 Å². The number of carbonyl (C=O) groups excluding carboxylic acids is 1. The number of hydrogen-bond donors (Lipinski definition) is 0. The molecule has 8 heteroatoms. The van der Waals surface area contributed by atoms with Gasteiger partial charge in [0.2, 0.25) is 0 Å². The average Bonchev–Trinajstić information content (AvgIpc) is 3.29. The molecule has 3 aromatic rings. The second-order valence-electron chi connectivity index (χ2n) is 7.22. The van der Waals surface area contributed by atoms with Crippen LogP contribution in [0.25, 0.3) is 11.3 Å². The summed E-state index contributed by atoms with van der Waals surface area (Å²) in [5, 5.41) is 3.96.